The molecule has 0 atom stereocenters. The molecule has 1 heterocycles. The second kappa shape index (κ2) is 4.79. The first-order valence-corrected chi connectivity index (χ1v) is 5.92. The van der Waals surface area contributed by atoms with Crippen molar-refractivity contribution in [1.29, 1.82) is 0 Å². The zero-order valence-electron chi connectivity index (χ0n) is 11.1. The minimum Gasteiger partial charge on any atom is -0.339 e. The normalized spacial score (nSPS) is 11.5. The summed E-state index contributed by atoms with van der Waals surface area (Å²) in [6.45, 7) is 6.22. The van der Waals surface area contributed by atoms with Gasteiger partial charge in [0.25, 0.3) is 5.69 Å². The molecular formula is C13H15N3O3. The average Bonchev–Trinajstić information content (AvgIpc) is 2.75. The number of aromatic nitrogens is 2. The van der Waals surface area contributed by atoms with Crippen LogP contribution in [-0.2, 0) is 6.42 Å². The predicted molar refractivity (Wildman–Crippen MR) is 69.5 cm³/mol. The molecule has 6 nitrogen and oxygen atoms in total. The number of nitro benzene ring substituents is 1. The van der Waals surface area contributed by atoms with E-state index in [1.54, 1.807) is 12.1 Å². The molecule has 0 fully saturated rings. The first-order chi connectivity index (χ1) is 8.85. The molecule has 0 saturated carbocycles. The lowest BCUT2D eigenvalue weighted by atomic mass is 9.92. The Kier molecular flexibility index (Phi) is 3.33. The van der Waals surface area contributed by atoms with Gasteiger partial charge in [-0.1, -0.05) is 38.1 Å². The van der Waals surface area contributed by atoms with E-state index in [2.05, 4.69) is 30.9 Å². The van der Waals surface area contributed by atoms with Crippen molar-refractivity contribution < 1.29 is 9.45 Å². The summed E-state index contributed by atoms with van der Waals surface area (Å²) in [6, 6.07) is 6.19. The molecule has 100 valence electrons. The van der Waals surface area contributed by atoms with Gasteiger partial charge in [0.2, 0.25) is 11.7 Å². The van der Waals surface area contributed by atoms with Gasteiger partial charge in [-0.15, -0.1) is 0 Å². The molecule has 0 spiro atoms. The van der Waals surface area contributed by atoms with Gasteiger partial charge in [-0.25, -0.2) is 0 Å². The molecule has 0 aliphatic rings. The summed E-state index contributed by atoms with van der Waals surface area (Å²) in [4.78, 5) is 14.5. The number of benzene rings is 1. The second-order valence-electron chi connectivity index (χ2n) is 5.56. The average molecular weight is 261 g/mol. The van der Waals surface area contributed by atoms with Crippen molar-refractivity contribution in [2.24, 2.45) is 5.41 Å². The monoisotopic (exact) mass is 261 g/mol. The molecule has 0 unspecified atom stereocenters. The summed E-state index contributed by atoms with van der Waals surface area (Å²) < 4.78 is 5.16. The molecular weight excluding hydrogens is 246 g/mol. The van der Waals surface area contributed by atoms with Crippen LogP contribution in [0.4, 0.5) is 5.69 Å². The van der Waals surface area contributed by atoms with Gasteiger partial charge in [-0.3, -0.25) is 10.1 Å². The van der Waals surface area contributed by atoms with Crippen LogP contribution in [0.1, 0.15) is 26.7 Å². The van der Waals surface area contributed by atoms with Gasteiger partial charge in [0.1, 0.15) is 0 Å². The Bertz CT molecular complexity index is 599. The lowest BCUT2D eigenvalue weighted by Gasteiger charge is -2.13. The lowest BCUT2D eigenvalue weighted by molar-refractivity contribution is -0.384. The summed E-state index contributed by atoms with van der Waals surface area (Å²) in [7, 11) is 0. The van der Waals surface area contributed by atoms with Crippen LogP contribution in [0.5, 0.6) is 0 Å². The first-order valence-electron chi connectivity index (χ1n) is 5.92. The Labute approximate surface area is 110 Å². The fourth-order valence-electron chi connectivity index (χ4n) is 1.66. The molecule has 0 saturated heterocycles. The van der Waals surface area contributed by atoms with Crippen molar-refractivity contribution in [2.45, 2.75) is 27.2 Å². The second-order valence-corrected chi connectivity index (χ2v) is 5.56. The summed E-state index contributed by atoms with van der Waals surface area (Å²) in [5.74, 6) is 0.914. The van der Waals surface area contributed by atoms with Crippen molar-refractivity contribution >= 4 is 5.69 Å². The van der Waals surface area contributed by atoms with Crippen LogP contribution in [-0.4, -0.2) is 15.1 Å². The van der Waals surface area contributed by atoms with Crippen LogP contribution < -0.4 is 0 Å². The molecule has 0 aliphatic heterocycles. The van der Waals surface area contributed by atoms with Crippen molar-refractivity contribution in [3.63, 3.8) is 0 Å². The van der Waals surface area contributed by atoms with Crippen LogP contribution in [0.2, 0.25) is 0 Å². The number of hydrogen-bond acceptors (Lipinski definition) is 5. The molecule has 0 bridgehead atoms. The van der Waals surface area contributed by atoms with Crippen LogP contribution in [0.3, 0.4) is 0 Å². The summed E-state index contributed by atoms with van der Waals surface area (Å²) in [5.41, 5.74) is 0.643. The number of nitrogens with zero attached hydrogens (tertiary/aromatic N) is 3. The lowest BCUT2D eigenvalue weighted by Crippen LogP contribution is -2.09. The van der Waals surface area contributed by atoms with E-state index in [1.165, 1.54) is 12.1 Å². The quantitative estimate of drug-likeness (QED) is 0.625. The molecule has 19 heavy (non-hydrogen) atoms. The maximum atomic E-state index is 10.7. The Morgan fingerprint density at radius 2 is 2.11 bits per heavy atom. The topological polar surface area (TPSA) is 82.1 Å². The third-order valence-electron chi connectivity index (χ3n) is 2.46. The molecule has 1 aromatic heterocycles. The number of non-ortho nitro benzene ring substituents is 1. The van der Waals surface area contributed by atoms with Gasteiger partial charge in [-0.05, 0) is 5.41 Å². The number of hydrogen-bond donors (Lipinski definition) is 0. The Morgan fingerprint density at radius 1 is 1.37 bits per heavy atom. The maximum absolute atomic E-state index is 10.7. The molecule has 0 aliphatic carbocycles. The largest absolute Gasteiger partial charge is 0.339 e. The third-order valence-corrected chi connectivity index (χ3v) is 2.46. The predicted octanol–water partition coefficient (Wildman–Crippen LogP) is 3.23. The fraction of sp³-hybridized carbons (Fsp3) is 0.385. The first kappa shape index (κ1) is 13.2. The van der Waals surface area contributed by atoms with Gasteiger partial charge < -0.3 is 4.52 Å². The van der Waals surface area contributed by atoms with Crippen LogP contribution in [0.15, 0.2) is 28.8 Å². The Morgan fingerprint density at radius 3 is 2.74 bits per heavy atom. The van der Waals surface area contributed by atoms with E-state index in [-0.39, 0.29) is 11.1 Å². The SMILES string of the molecule is CC(C)(C)Cc1nc(-c2cccc([N+](=O)[O-])c2)no1. The van der Waals surface area contributed by atoms with Crippen LogP contribution >= 0.6 is 0 Å². The highest BCUT2D eigenvalue weighted by Gasteiger charge is 2.18. The molecule has 0 radical (unpaired) electrons. The molecule has 0 amide bonds. The van der Waals surface area contributed by atoms with Gasteiger partial charge in [0.15, 0.2) is 0 Å². The molecule has 2 aromatic rings. The standard InChI is InChI=1S/C13H15N3O3/c1-13(2,3)8-11-14-12(15-19-11)9-5-4-6-10(7-9)16(17)18/h4-7H,8H2,1-3H3. The van der Waals surface area contributed by atoms with Gasteiger partial charge in [0, 0.05) is 24.1 Å². The van der Waals surface area contributed by atoms with Crippen molar-refractivity contribution in [1.82, 2.24) is 10.1 Å². The van der Waals surface area contributed by atoms with Crippen LogP contribution in [0.25, 0.3) is 11.4 Å². The van der Waals surface area contributed by atoms with E-state index in [0.717, 1.165) is 0 Å². The third kappa shape index (κ3) is 3.37. The molecule has 6 heteroatoms. The van der Waals surface area contributed by atoms with Crippen molar-refractivity contribution in [2.75, 3.05) is 0 Å². The highest BCUT2D eigenvalue weighted by molar-refractivity contribution is 5.58. The smallest absolute Gasteiger partial charge is 0.270 e. The molecule has 2 rings (SSSR count). The van der Waals surface area contributed by atoms with E-state index < -0.39 is 4.92 Å². The number of nitro groups is 1. The maximum Gasteiger partial charge on any atom is 0.270 e. The van der Waals surface area contributed by atoms with E-state index in [9.17, 15) is 10.1 Å². The van der Waals surface area contributed by atoms with Gasteiger partial charge in [0.05, 0.1) is 4.92 Å². The zero-order valence-corrected chi connectivity index (χ0v) is 11.1. The molecule has 1 aromatic carbocycles. The van der Waals surface area contributed by atoms with Crippen molar-refractivity contribution in [3.05, 3.63) is 40.3 Å². The van der Waals surface area contributed by atoms with E-state index in [0.29, 0.717) is 23.7 Å². The Hall–Kier alpha value is -2.24. The van der Waals surface area contributed by atoms with Gasteiger partial charge in [-0.2, -0.15) is 4.98 Å². The van der Waals surface area contributed by atoms with Crippen molar-refractivity contribution in [3.8, 4) is 11.4 Å². The van der Waals surface area contributed by atoms with Crippen LogP contribution in [0, 0.1) is 15.5 Å². The van der Waals surface area contributed by atoms with E-state index in [1.807, 2.05) is 0 Å². The summed E-state index contributed by atoms with van der Waals surface area (Å²) in [5, 5.41) is 14.6. The van der Waals surface area contributed by atoms with Gasteiger partial charge >= 0.3 is 0 Å². The number of rotatable bonds is 3. The minimum atomic E-state index is -0.445. The summed E-state index contributed by atoms with van der Waals surface area (Å²) >= 11 is 0. The zero-order chi connectivity index (χ0) is 14.0. The fourth-order valence-corrected chi connectivity index (χ4v) is 1.66. The summed E-state index contributed by atoms with van der Waals surface area (Å²) in [6.07, 6.45) is 0.662. The minimum absolute atomic E-state index is 0.0136. The van der Waals surface area contributed by atoms with E-state index >= 15 is 0 Å². The Balaban J connectivity index is 2.28. The highest BCUT2D eigenvalue weighted by atomic mass is 16.6. The molecule has 0 N–H and O–H groups in total. The van der Waals surface area contributed by atoms with E-state index in [4.69, 9.17) is 4.52 Å². The highest BCUT2D eigenvalue weighted by Crippen LogP contribution is 2.24.